The summed E-state index contributed by atoms with van der Waals surface area (Å²) in [4.78, 5) is 23.2. The Labute approximate surface area is 129 Å². The molecule has 4 N–H and O–H groups in total. The van der Waals surface area contributed by atoms with Crippen LogP contribution in [0.3, 0.4) is 0 Å². The van der Waals surface area contributed by atoms with E-state index in [0.717, 1.165) is 6.07 Å². The second-order valence-electron chi connectivity index (χ2n) is 5.49. The van der Waals surface area contributed by atoms with Gasteiger partial charge in [0.05, 0.1) is 4.90 Å². The molecule has 0 aliphatic heterocycles. The van der Waals surface area contributed by atoms with Crippen molar-refractivity contribution in [2.45, 2.75) is 38.6 Å². The summed E-state index contributed by atoms with van der Waals surface area (Å²) < 4.78 is 23.1. The molecule has 0 radical (unpaired) electrons. The van der Waals surface area contributed by atoms with Crippen LogP contribution in [0.1, 0.15) is 35.3 Å². The molecule has 1 amide bonds. The zero-order chi connectivity index (χ0) is 17.2. The van der Waals surface area contributed by atoms with E-state index in [1.54, 1.807) is 27.7 Å². The minimum Gasteiger partial charge on any atom is -0.480 e. The first-order chi connectivity index (χ1) is 9.95. The molecule has 0 heterocycles. The number of hydrogen-bond acceptors (Lipinski definition) is 4. The number of carbonyl (C=O) groups is 2. The number of nitrogens with two attached hydrogens (primary N) is 1. The van der Waals surface area contributed by atoms with Crippen molar-refractivity contribution in [1.29, 1.82) is 0 Å². The maximum atomic E-state index is 12.2. The van der Waals surface area contributed by atoms with Crippen LogP contribution in [-0.4, -0.2) is 31.4 Å². The van der Waals surface area contributed by atoms with E-state index in [0.29, 0.717) is 11.1 Å². The lowest BCUT2D eigenvalue weighted by molar-refractivity contribution is -0.140. The molecule has 0 saturated carbocycles. The van der Waals surface area contributed by atoms with Crippen molar-refractivity contribution in [3.63, 3.8) is 0 Å². The van der Waals surface area contributed by atoms with Gasteiger partial charge in [-0.1, -0.05) is 13.8 Å². The van der Waals surface area contributed by atoms with Crippen LogP contribution in [-0.2, 0) is 14.8 Å². The van der Waals surface area contributed by atoms with Crippen molar-refractivity contribution >= 4 is 21.9 Å². The minimum absolute atomic E-state index is 0.0547. The highest BCUT2D eigenvalue weighted by atomic mass is 32.2. The van der Waals surface area contributed by atoms with Gasteiger partial charge in [0.2, 0.25) is 10.0 Å². The van der Waals surface area contributed by atoms with Gasteiger partial charge in [0.1, 0.15) is 6.04 Å². The quantitative estimate of drug-likeness (QED) is 0.736. The molecule has 1 aromatic rings. The Bertz CT molecular complexity index is 710. The van der Waals surface area contributed by atoms with Crippen molar-refractivity contribution < 1.29 is 23.1 Å². The fourth-order valence-corrected chi connectivity index (χ4v) is 2.87. The number of rotatable bonds is 5. The number of carboxylic acid groups (broad SMARTS) is 1. The van der Waals surface area contributed by atoms with E-state index in [9.17, 15) is 18.0 Å². The summed E-state index contributed by atoms with van der Waals surface area (Å²) in [5.41, 5.74) is 1.09. The van der Waals surface area contributed by atoms with Crippen LogP contribution in [0.2, 0.25) is 0 Å². The molecular formula is C14H20N2O5S. The summed E-state index contributed by atoms with van der Waals surface area (Å²) in [6, 6.07) is 1.59. The number of sulfonamides is 1. The smallest absolute Gasteiger partial charge is 0.326 e. The summed E-state index contributed by atoms with van der Waals surface area (Å²) in [5, 5.41) is 16.6. The molecule has 0 bridgehead atoms. The lowest BCUT2D eigenvalue weighted by Crippen LogP contribution is -2.44. The van der Waals surface area contributed by atoms with E-state index in [-0.39, 0.29) is 16.4 Å². The van der Waals surface area contributed by atoms with Gasteiger partial charge in [-0.15, -0.1) is 0 Å². The molecule has 0 aliphatic rings. The highest BCUT2D eigenvalue weighted by Crippen LogP contribution is 2.20. The maximum absolute atomic E-state index is 12.2. The van der Waals surface area contributed by atoms with E-state index < -0.39 is 27.9 Å². The Morgan fingerprint density at radius 1 is 1.23 bits per heavy atom. The summed E-state index contributed by atoms with van der Waals surface area (Å²) in [5.74, 6) is -2.13. The molecule has 0 spiro atoms. The van der Waals surface area contributed by atoms with Gasteiger partial charge >= 0.3 is 5.97 Å². The van der Waals surface area contributed by atoms with Crippen LogP contribution in [0, 0.1) is 19.8 Å². The average Bonchev–Trinajstić information content (AvgIpc) is 2.36. The minimum atomic E-state index is -3.97. The Hall–Kier alpha value is -1.93. The Kier molecular flexibility index (Phi) is 5.31. The van der Waals surface area contributed by atoms with Crippen molar-refractivity contribution in [2.24, 2.45) is 11.1 Å². The molecule has 22 heavy (non-hydrogen) atoms. The van der Waals surface area contributed by atoms with E-state index in [2.05, 4.69) is 5.32 Å². The first-order valence-electron chi connectivity index (χ1n) is 6.63. The summed E-state index contributed by atoms with van der Waals surface area (Å²) >= 11 is 0. The Morgan fingerprint density at radius 2 is 1.77 bits per heavy atom. The van der Waals surface area contributed by atoms with Crippen molar-refractivity contribution in [3.05, 3.63) is 28.8 Å². The predicted octanol–water partition coefficient (Wildman–Crippen LogP) is 0.790. The summed E-state index contributed by atoms with van der Waals surface area (Å²) in [6.45, 7) is 6.56. The van der Waals surface area contributed by atoms with Gasteiger partial charge in [-0.2, -0.15) is 0 Å². The lowest BCUT2D eigenvalue weighted by atomic mass is 10.0. The van der Waals surface area contributed by atoms with E-state index in [1.807, 2.05) is 0 Å². The van der Waals surface area contributed by atoms with Crippen LogP contribution in [0.15, 0.2) is 17.0 Å². The van der Waals surface area contributed by atoms with Crippen molar-refractivity contribution in [1.82, 2.24) is 5.32 Å². The number of carboxylic acids is 1. The highest BCUT2D eigenvalue weighted by Gasteiger charge is 2.25. The number of aryl methyl sites for hydroxylation is 1. The average molecular weight is 328 g/mol. The van der Waals surface area contributed by atoms with Gasteiger partial charge in [0, 0.05) is 5.56 Å². The molecule has 1 atom stereocenters. The fraction of sp³-hybridized carbons (Fsp3) is 0.429. The molecule has 1 unspecified atom stereocenters. The van der Waals surface area contributed by atoms with Gasteiger partial charge in [0.25, 0.3) is 5.91 Å². The van der Waals surface area contributed by atoms with Crippen LogP contribution < -0.4 is 10.5 Å². The molecule has 1 rings (SSSR count). The third kappa shape index (κ3) is 4.05. The van der Waals surface area contributed by atoms with Gasteiger partial charge in [-0.25, -0.2) is 18.4 Å². The normalized spacial score (nSPS) is 13.0. The molecule has 0 aliphatic carbocycles. The van der Waals surface area contributed by atoms with Crippen molar-refractivity contribution in [3.8, 4) is 0 Å². The van der Waals surface area contributed by atoms with Crippen LogP contribution >= 0.6 is 0 Å². The molecule has 122 valence electrons. The van der Waals surface area contributed by atoms with Crippen LogP contribution in [0.25, 0.3) is 0 Å². The lowest BCUT2D eigenvalue weighted by Gasteiger charge is -2.18. The first-order valence-corrected chi connectivity index (χ1v) is 8.17. The molecule has 0 fully saturated rings. The maximum Gasteiger partial charge on any atom is 0.326 e. The fourth-order valence-electron chi connectivity index (χ4n) is 1.99. The SMILES string of the molecule is Cc1cc(C(=O)NC(C(=O)O)C(C)C)cc(S(N)(=O)=O)c1C. The molecular weight excluding hydrogens is 308 g/mol. The van der Waals surface area contributed by atoms with Gasteiger partial charge < -0.3 is 10.4 Å². The third-order valence-corrected chi connectivity index (χ3v) is 4.44. The molecule has 8 heteroatoms. The zero-order valence-electron chi connectivity index (χ0n) is 12.9. The second kappa shape index (κ2) is 6.45. The van der Waals surface area contributed by atoms with Crippen LogP contribution in [0.5, 0.6) is 0 Å². The van der Waals surface area contributed by atoms with Crippen LogP contribution in [0.4, 0.5) is 0 Å². The van der Waals surface area contributed by atoms with E-state index >= 15 is 0 Å². The number of amides is 1. The third-order valence-electron chi connectivity index (χ3n) is 3.41. The largest absolute Gasteiger partial charge is 0.480 e. The van der Waals surface area contributed by atoms with Gasteiger partial charge in [-0.3, -0.25) is 4.79 Å². The Balaban J connectivity index is 3.25. The standard InChI is InChI=1S/C14H20N2O5S/c1-7(2)12(14(18)19)16-13(17)10-5-8(3)9(4)11(6-10)22(15,20)21/h5-7,12H,1-4H3,(H,16,17)(H,18,19)(H2,15,20,21). The summed E-state index contributed by atoms with van der Waals surface area (Å²) in [7, 11) is -3.97. The number of benzene rings is 1. The van der Waals surface area contributed by atoms with Crippen molar-refractivity contribution in [2.75, 3.05) is 0 Å². The number of primary sulfonamides is 1. The summed E-state index contributed by atoms with van der Waals surface area (Å²) in [6.07, 6.45) is 0. The van der Waals surface area contributed by atoms with E-state index in [4.69, 9.17) is 10.2 Å². The number of hydrogen-bond donors (Lipinski definition) is 3. The molecule has 0 saturated heterocycles. The number of aliphatic carboxylic acids is 1. The Morgan fingerprint density at radius 3 is 2.18 bits per heavy atom. The number of nitrogens with one attached hydrogen (secondary N) is 1. The highest BCUT2D eigenvalue weighted by molar-refractivity contribution is 7.89. The second-order valence-corrected chi connectivity index (χ2v) is 7.02. The topological polar surface area (TPSA) is 127 Å². The number of carbonyl (C=O) groups excluding carboxylic acids is 1. The van der Waals surface area contributed by atoms with E-state index in [1.165, 1.54) is 6.07 Å². The molecule has 1 aromatic carbocycles. The van der Waals surface area contributed by atoms with Gasteiger partial charge in [-0.05, 0) is 43.0 Å². The zero-order valence-corrected chi connectivity index (χ0v) is 13.7. The monoisotopic (exact) mass is 328 g/mol. The predicted molar refractivity (Wildman–Crippen MR) is 81.0 cm³/mol. The molecule has 0 aromatic heterocycles. The first kappa shape index (κ1) is 18.1. The molecule has 7 nitrogen and oxygen atoms in total. The van der Waals surface area contributed by atoms with Gasteiger partial charge in [0.15, 0.2) is 0 Å².